The first-order chi connectivity index (χ1) is 2.81. The molecule has 0 fully saturated rings. The summed E-state index contributed by atoms with van der Waals surface area (Å²) in [4.78, 5) is 0. The van der Waals surface area contributed by atoms with E-state index in [-0.39, 0.29) is 0 Å². The van der Waals surface area contributed by atoms with Crippen LogP contribution in [0.2, 0.25) is 0 Å². The normalized spacial score (nSPS) is 6.67. The van der Waals surface area contributed by atoms with Crippen molar-refractivity contribution in [2.75, 3.05) is 6.66 Å². The molecule has 0 aliphatic carbocycles. The van der Waals surface area contributed by atoms with Gasteiger partial charge in [-0.05, 0) is 0 Å². The fourth-order valence-electron chi connectivity index (χ4n) is 0.0224. The fraction of sp³-hybridized carbons (Fsp3) is 0.333. The van der Waals surface area contributed by atoms with Crippen molar-refractivity contribution in [1.82, 2.24) is 0 Å². The molecule has 0 heterocycles. The third-order valence-electron chi connectivity index (χ3n) is 0.289. The Morgan fingerprint density at radius 1 is 1.33 bits per heavy atom. The standard InChI is InChI=1S/C3H3N2P/c1-4-6(3)5-2/h3H3. The quantitative estimate of drug-likeness (QED) is 0.322. The number of rotatable bonds is 0. The molecular formula is C3H3N2P. The number of hydrogen-bond acceptors (Lipinski definition) is 0. The van der Waals surface area contributed by atoms with Gasteiger partial charge in [0.25, 0.3) is 0 Å². The zero-order valence-electron chi connectivity index (χ0n) is 3.34. The third-order valence-corrected chi connectivity index (χ3v) is 0.868. The Balaban J connectivity index is 3.40. The van der Waals surface area contributed by atoms with E-state index in [0.29, 0.717) is 0 Å². The molecule has 0 radical (unpaired) electrons. The van der Waals surface area contributed by atoms with Crippen molar-refractivity contribution < 1.29 is 0 Å². The van der Waals surface area contributed by atoms with Gasteiger partial charge in [0.2, 0.25) is 0 Å². The van der Waals surface area contributed by atoms with E-state index in [9.17, 15) is 0 Å². The van der Waals surface area contributed by atoms with E-state index in [1.807, 2.05) is 0 Å². The van der Waals surface area contributed by atoms with Crippen LogP contribution in [0, 0.1) is 13.1 Å². The second kappa shape index (κ2) is 2.64. The lowest BCUT2D eigenvalue weighted by Gasteiger charge is -1.63. The Labute approximate surface area is 38.3 Å². The highest BCUT2D eigenvalue weighted by Gasteiger charge is 2.09. The summed E-state index contributed by atoms with van der Waals surface area (Å²) in [5.74, 6) is 0. The first-order valence-electron chi connectivity index (χ1n) is 1.29. The molecule has 0 aliphatic heterocycles. The van der Waals surface area contributed by atoms with E-state index in [2.05, 4.69) is 9.23 Å². The van der Waals surface area contributed by atoms with Crippen LogP contribution < -0.4 is 0 Å². The summed E-state index contributed by atoms with van der Waals surface area (Å²) in [6.45, 7) is 14.1. The van der Waals surface area contributed by atoms with Crippen molar-refractivity contribution >= 4 is 8.22 Å². The lowest BCUT2D eigenvalue weighted by atomic mass is 11.8. The molecule has 0 unspecified atom stereocenters. The maximum atomic E-state index is 6.25. The van der Waals surface area contributed by atoms with Gasteiger partial charge in [-0.2, -0.15) is 0 Å². The Morgan fingerprint density at radius 2 is 1.67 bits per heavy atom. The molecular weight excluding hydrogens is 95.0 g/mol. The molecule has 2 nitrogen and oxygen atoms in total. The van der Waals surface area contributed by atoms with Gasteiger partial charge in [-0.3, -0.25) is 0 Å². The molecule has 0 aromatic carbocycles. The first-order valence-corrected chi connectivity index (χ1v) is 2.99. The molecule has 0 bridgehead atoms. The van der Waals surface area contributed by atoms with Gasteiger partial charge in [-0.25, -0.2) is 22.4 Å². The van der Waals surface area contributed by atoms with Gasteiger partial charge in [0.15, 0.2) is 0 Å². The van der Waals surface area contributed by atoms with Crippen molar-refractivity contribution in [3.63, 3.8) is 0 Å². The van der Waals surface area contributed by atoms with Crippen LogP contribution in [0.1, 0.15) is 0 Å². The molecule has 3 heteroatoms. The molecule has 0 spiro atoms. The van der Waals surface area contributed by atoms with Crippen LogP contribution in [0.4, 0.5) is 0 Å². The molecule has 0 atom stereocenters. The van der Waals surface area contributed by atoms with Crippen molar-refractivity contribution in [2.24, 2.45) is 0 Å². The number of hydrogen-bond donors (Lipinski definition) is 0. The molecule has 0 aromatic heterocycles. The third kappa shape index (κ3) is 1.70. The molecule has 0 N–H and O–H groups in total. The summed E-state index contributed by atoms with van der Waals surface area (Å²) in [5.41, 5.74) is 0. The maximum Gasteiger partial charge on any atom is 0.655 e. The molecule has 30 valence electrons. The smallest absolute Gasteiger partial charge is 0.225 e. The van der Waals surface area contributed by atoms with Gasteiger partial charge in [0.1, 0.15) is 6.66 Å². The van der Waals surface area contributed by atoms with E-state index in [1.165, 1.54) is 0 Å². The molecule has 0 amide bonds. The summed E-state index contributed by atoms with van der Waals surface area (Å²) in [5, 5.41) is 0. The summed E-state index contributed by atoms with van der Waals surface area (Å²) in [6.07, 6.45) is 0. The second-order valence-electron chi connectivity index (χ2n) is 0.689. The van der Waals surface area contributed by atoms with Crippen molar-refractivity contribution in [1.29, 1.82) is 0 Å². The largest absolute Gasteiger partial charge is 0.655 e. The summed E-state index contributed by atoms with van der Waals surface area (Å²) in [6, 6.07) is 0. The Morgan fingerprint density at radius 3 is 1.67 bits per heavy atom. The predicted molar refractivity (Wildman–Crippen MR) is 26.0 cm³/mol. The van der Waals surface area contributed by atoms with Gasteiger partial charge in [0.05, 0.1) is 0 Å². The number of nitrogens with zero attached hydrogens (tertiary/aromatic N) is 2. The van der Waals surface area contributed by atoms with Crippen molar-refractivity contribution in [2.45, 2.75) is 0 Å². The predicted octanol–water partition coefficient (Wildman–Crippen LogP) is 1.77. The highest BCUT2D eigenvalue weighted by molar-refractivity contribution is 7.61. The Hall–Kier alpha value is -0.590. The first kappa shape index (κ1) is 5.41. The monoisotopic (exact) mass is 98.0 g/mol. The summed E-state index contributed by atoms with van der Waals surface area (Å²) in [7, 11) is -0.993. The molecule has 0 aromatic rings. The van der Waals surface area contributed by atoms with Gasteiger partial charge < -0.3 is 0 Å². The minimum absolute atomic E-state index is 0.993. The van der Waals surface area contributed by atoms with Crippen LogP contribution in [-0.4, -0.2) is 6.66 Å². The van der Waals surface area contributed by atoms with Gasteiger partial charge in [-0.15, -0.1) is 0 Å². The molecule has 0 aliphatic rings. The highest BCUT2D eigenvalue weighted by Crippen LogP contribution is 2.32. The van der Waals surface area contributed by atoms with Crippen LogP contribution in [0.25, 0.3) is 9.23 Å². The fourth-order valence-corrected chi connectivity index (χ4v) is 0.0671. The van der Waals surface area contributed by atoms with Crippen molar-refractivity contribution in [3.8, 4) is 0 Å². The van der Waals surface area contributed by atoms with Crippen molar-refractivity contribution in [3.05, 3.63) is 22.4 Å². The van der Waals surface area contributed by atoms with E-state index >= 15 is 0 Å². The summed E-state index contributed by atoms with van der Waals surface area (Å²) >= 11 is 0. The average molecular weight is 98.0 g/mol. The lowest BCUT2D eigenvalue weighted by molar-refractivity contribution is 2.26. The second-order valence-corrected chi connectivity index (χ2v) is 2.07. The SMILES string of the molecule is [C-]#[N+]P(C)[N+]#[C-]. The van der Waals surface area contributed by atoms with Gasteiger partial charge >= 0.3 is 8.22 Å². The van der Waals surface area contributed by atoms with Gasteiger partial charge in [-0.1, -0.05) is 0 Å². The van der Waals surface area contributed by atoms with E-state index in [1.54, 1.807) is 6.66 Å². The maximum absolute atomic E-state index is 6.25. The van der Waals surface area contributed by atoms with E-state index in [4.69, 9.17) is 13.1 Å². The van der Waals surface area contributed by atoms with Crippen LogP contribution in [0.5, 0.6) is 0 Å². The molecule has 6 heavy (non-hydrogen) atoms. The van der Waals surface area contributed by atoms with Crippen LogP contribution in [0.15, 0.2) is 0 Å². The minimum atomic E-state index is -0.993. The minimum Gasteiger partial charge on any atom is -0.225 e. The summed E-state index contributed by atoms with van der Waals surface area (Å²) < 4.78 is 5.94. The Bertz CT molecular complexity index is 92.9. The average Bonchev–Trinajstić information content (AvgIpc) is 1.65. The lowest BCUT2D eigenvalue weighted by Crippen LogP contribution is -1.38. The zero-order valence-corrected chi connectivity index (χ0v) is 4.24. The van der Waals surface area contributed by atoms with Crippen LogP contribution in [-0.2, 0) is 0 Å². The molecule has 0 rings (SSSR count). The van der Waals surface area contributed by atoms with Crippen LogP contribution in [0.3, 0.4) is 0 Å². The molecule has 0 saturated carbocycles. The van der Waals surface area contributed by atoms with E-state index in [0.717, 1.165) is 0 Å². The van der Waals surface area contributed by atoms with E-state index < -0.39 is 8.22 Å². The van der Waals surface area contributed by atoms with Gasteiger partial charge in [0, 0.05) is 0 Å². The van der Waals surface area contributed by atoms with Crippen LogP contribution >= 0.6 is 8.22 Å². The highest BCUT2D eigenvalue weighted by atomic mass is 31.1. The topological polar surface area (TPSA) is 8.72 Å². The molecule has 0 saturated heterocycles. The zero-order chi connectivity index (χ0) is 4.99. The Kier molecular flexibility index (Phi) is 2.38.